The van der Waals surface area contributed by atoms with Crippen LogP contribution in [-0.4, -0.2) is 76.2 Å². The number of aromatic nitrogens is 2. The van der Waals surface area contributed by atoms with Crippen LogP contribution < -0.4 is 16.5 Å². The van der Waals surface area contributed by atoms with Gasteiger partial charge in [0.2, 0.25) is 0 Å². The largest absolute Gasteiger partial charge is 0.418 e. The van der Waals surface area contributed by atoms with Crippen molar-refractivity contribution in [3.63, 3.8) is 0 Å². The molecule has 0 aromatic carbocycles. The number of halogens is 3. The molecule has 1 aliphatic carbocycles. The number of aliphatic hydroxyl groups excluding tert-OH is 1. The van der Waals surface area contributed by atoms with Crippen molar-refractivity contribution < 1.29 is 23.0 Å². The molecule has 2 aromatic rings. The van der Waals surface area contributed by atoms with Crippen LogP contribution in [0.15, 0.2) is 23.3 Å². The summed E-state index contributed by atoms with van der Waals surface area (Å²) in [6, 6.07) is 1.01. The number of alkyl halides is 3. The summed E-state index contributed by atoms with van der Waals surface area (Å²) in [7, 11) is 2.07. The Morgan fingerprint density at radius 1 is 1.21 bits per heavy atom. The Balaban J connectivity index is 1.29. The van der Waals surface area contributed by atoms with Gasteiger partial charge in [0.1, 0.15) is 0 Å². The lowest BCUT2D eigenvalue weighted by Gasteiger charge is -2.51. The molecule has 2 aromatic heterocycles. The van der Waals surface area contributed by atoms with E-state index in [0.717, 1.165) is 44.8 Å². The van der Waals surface area contributed by atoms with E-state index in [1.54, 1.807) is 10.8 Å². The van der Waals surface area contributed by atoms with Gasteiger partial charge in [-0.05, 0) is 56.7 Å². The van der Waals surface area contributed by atoms with Gasteiger partial charge >= 0.3 is 11.9 Å². The van der Waals surface area contributed by atoms with Gasteiger partial charge in [-0.3, -0.25) is 18.8 Å². The number of aliphatic hydroxyl groups is 1. The summed E-state index contributed by atoms with van der Waals surface area (Å²) in [6.07, 6.45) is 3.13. The van der Waals surface area contributed by atoms with Crippen molar-refractivity contribution in [2.75, 3.05) is 40.0 Å². The highest BCUT2D eigenvalue weighted by atomic mass is 19.4. The summed E-state index contributed by atoms with van der Waals surface area (Å²) in [5.74, 6) is 0.333. The monoisotopic (exact) mass is 538 g/mol. The summed E-state index contributed by atoms with van der Waals surface area (Å²) in [5.41, 5.74) is 5.64. The van der Waals surface area contributed by atoms with Crippen LogP contribution in [-0.2, 0) is 17.5 Å². The first-order valence-electron chi connectivity index (χ1n) is 13.6. The van der Waals surface area contributed by atoms with E-state index in [1.807, 2.05) is 4.90 Å². The van der Waals surface area contributed by atoms with Crippen LogP contribution in [0.25, 0.3) is 5.52 Å². The van der Waals surface area contributed by atoms with E-state index in [4.69, 9.17) is 4.74 Å². The minimum atomic E-state index is -4.58. The maximum atomic E-state index is 14.1. The lowest BCUT2D eigenvalue weighted by molar-refractivity contribution is -0.167. The van der Waals surface area contributed by atoms with Crippen LogP contribution in [0, 0.1) is 11.3 Å². The molecule has 0 radical (unpaired) electrons. The van der Waals surface area contributed by atoms with Crippen LogP contribution in [0.1, 0.15) is 55.7 Å². The number of nitrogens with zero attached hydrogens (tertiary/aromatic N) is 4. The fourth-order valence-electron chi connectivity index (χ4n) is 7.01. The molecule has 4 fully saturated rings. The SMILES string of the molecule is CN1CNNC1CC1(C2CCCC(n3cc4c(C(F)(F)F)cc(CN5CC[C@H](O)C5)cn4c3=O)C2)COC1. The second-order valence-corrected chi connectivity index (χ2v) is 11.8. The van der Waals surface area contributed by atoms with Crippen molar-refractivity contribution in [1.82, 2.24) is 29.6 Å². The minimum Gasteiger partial charge on any atom is -0.392 e. The highest BCUT2D eigenvalue weighted by molar-refractivity contribution is 5.56. The fraction of sp³-hybridized carbons (Fsp3) is 0.731. The molecule has 38 heavy (non-hydrogen) atoms. The zero-order valence-electron chi connectivity index (χ0n) is 21.7. The first-order chi connectivity index (χ1) is 18.1. The molecular weight excluding hydrogens is 501 g/mol. The second-order valence-electron chi connectivity index (χ2n) is 11.8. The predicted octanol–water partition coefficient (Wildman–Crippen LogP) is 2.15. The number of hydrogen-bond donors (Lipinski definition) is 3. The summed E-state index contributed by atoms with van der Waals surface area (Å²) < 4.78 is 50.9. The number of β-amino-alcohol motifs (C(OH)–C–C–N with tert-alkyl or cyclic N) is 1. The van der Waals surface area contributed by atoms with Crippen molar-refractivity contribution in [2.45, 2.75) is 69.6 Å². The van der Waals surface area contributed by atoms with Crippen LogP contribution in [0.3, 0.4) is 0 Å². The molecular formula is C26H37F3N6O3. The maximum absolute atomic E-state index is 14.1. The van der Waals surface area contributed by atoms with E-state index in [0.29, 0.717) is 44.2 Å². The number of rotatable bonds is 6. The van der Waals surface area contributed by atoms with Crippen molar-refractivity contribution in [3.8, 4) is 0 Å². The van der Waals surface area contributed by atoms with Gasteiger partial charge < -0.3 is 9.84 Å². The van der Waals surface area contributed by atoms with Crippen LogP contribution >= 0.6 is 0 Å². The maximum Gasteiger partial charge on any atom is 0.418 e. The number of likely N-dealkylation sites (tertiary alicyclic amines) is 1. The van der Waals surface area contributed by atoms with Crippen molar-refractivity contribution in [1.29, 1.82) is 0 Å². The number of pyridine rings is 1. The first-order valence-corrected chi connectivity index (χ1v) is 13.6. The van der Waals surface area contributed by atoms with Gasteiger partial charge in [-0.15, -0.1) is 0 Å². The van der Waals surface area contributed by atoms with Crippen molar-refractivity contribution in [2.24, 2.45) is 11.3 Å². The molecule has 12 heteroatoms. The van der Waals surface area contributed by atoms with Gasteiger partial charge in [0.05, 0.1) is 43.2 Å². The molecule has 0 amide bonds. The molecule has 3 unspecified atom stereocenters. The molecule has 3 aliphatic heterocycles. The lowest BCUT2D eigenvalue weighted by atomic mass is 9.64. The van der Waals surface area contributed by atoms with E-state index in [9.17, 15) is 23.1 Å². The highest BCUT2D eigenvalue weighted by Gasteiger charge is 2.49. The summed E-state index contributed by atoms with van der Waals surface area (Å²) in [4.78, 5) is 17.7. The topological polar surface area (TPSA) is 86.4 Å². The summed E-state index contributed by atoms with van der Waals surface area (Å²) >= 11 is 0. The van der Waals surface area contributed by atoms with Gasteiger partial charge in [0.15, 0.2) is 0 Å². The molecule has 5 heterocycles. The molecule has 0 spiro atoms. The second kappa shape index (κ2) is 9.90. The van der Waals surface area contributed by atoms with Gasteiger partial charge in [0, 0.05) is 43.5 Å². The fourth-order valence-corrected chi connectivity index (χ4v) is 7.01. The average molecular weight is 539 g/mol. The van der Waals surface area contributed by atoms with Crippen LogP contribution in [0.4, 0.5) is 13.2 Å². The zero-order valence-corrected chi connectivity index (χ0v) is 21.7. The number of hydrazine groups is 1. The van der Waals surface area contributed by atoms with E-state index >= 15 is 0 Å². The Morgan fingerprint density at radius 3 is 2.66 bits per heavy atom. The molecule has 0 bridgehead atoms. The normalized spacial score (nSPS) is 30.8. The van der Waals surface area contributed by atoms with Crippen LogP contribution in [0.2, 0.25) is 0 Å². The number of ether oxygens (including phenoxy) is 1. The van der Waals surface area contributed by atoms with E-state index in [-0.39, 0.29) is 29.7 Å². The highest BCUT2D eigenvalue weighted by Crippen LogP contribution is 2.49. The number of imidazole rings is 1. The standard InChI is InChI=1S/C26H37F3N6O3/c1-32-16-30-31-23(32)9-25(14-38-15-25)18-3-2-4-19(8-18)34-13-22-21(26(27,28)29)7-17(11-35(22)24(34)37)10-33-6-5-20(36)12-33/h7,11,13,18-20,23,30-31,36H,2-6,8-10,12,14-16H2,1H3/t18?,19?,20-,23?/m0/s1. The molecule has 4 atom stereocenters. The van der Waals surface area contributed by atoms with Gasteiger partial charge in [-0.2, -0.15) is 13.2 Å². The first kappa shape index (κ1) is 26.3. The lowest BCUT2D eigenvalue weighted by Crippen LogP contribution is -2.54. The average Bonchev–Trinajstić information content (AvgIpc) is 3.54. The Morgan fingerprint density at radius 2 is 2.03 bits per heavy atom. The van der Waals surface area contributed by atoms with Crippen molar-refractivity contribution in [3.05, 3.63) is 40.1 Å². The zero-order chi connectivity index (χ0) is 26.7. The van der Waals surface area contributed by atoms with Gasteiger partial charge in [0.25, 0.3) is 0 Å². The summed E-state index contributed by atoms with van der Waals surface area (Å²) in [6.45, 7) is 3.43. The summed E-state index contributed by atoms with van der Waals surface area (Å²) in [5, 5.41) is 9.82. The minimum absolute atomic E-state index is 0.00394. The smallest absolute Gasteiger partial charge is 0.392 e. The van der Waals surface area contributed by atoms with Gasteiger partial charge in [-0.1, -0.05) is 6.42 Å². The molecule has 210 valence electrons. The molecule has 9 nitrogen and oxygen atoms in total. The van der Waals surface area contributed by atoms with E-state index in [1.165, 1.54) is 10.6 Å². The Kier molecular flexibility index (Phi) is 6.84. The quantitative estimate of drug-likeness (QED) is 0.520. The molecule has 4 aliphatic rings. The number of hydrogen-bond acceptors (Lipinski definition) is 7. The third-order valence-electron chi connectivity index (χ3n) is 9.22. The predicted molar refractivity (Wildman–Crippen MR) is 134 cm³/mol. The molecule has 1 saturated carbocycles. The molecule has 6 rings (SSSR count). The molecule has 3 N–H and O–H groups in total. The van der Waals surface area contributed by atoms with Crippen LogP contribution in [0.5, 0.6) is 0 Å². The Hall–Kier alpha value is -1.96. The van der Waals surface area contributed by atoms with E-state index < -0.39 is 23.5 Å². The Labute approximate surface area is 219 Å². The number of nitrogens with one attached hydrogen (secondary N) is 2. The van der Waals surface area contributed by atoms with E-state index in [2.05, 4.69) is 22.8 Å². The third kappa shape index (κ3) is 4.79. The van der Waals surface area contributed by atoms with Crippen molar-refractivity contribution >= 4 is 5.52 Å². The molecule has 3 saturated heterocycles. The van der Waals surface area contributed by atoms with Gasteiger partial charge in [-0.25, -0.2) is 15.6 Å². The third-order valence-corrected chi connectivity index (χ3v) is 9.22. The Bertz CT molecular complexity index is 1230. The number of fused-ring (bicyclic) bond motifs is 1.